The van der Waals surface area contributed by atoms with Crippen LogP contribution in [0.3, 0.4) is 0 Å². The van der Waals surface area contributed by atoms with Crippen LogP contribution in [0.25, 0.3) is 5.69 Å². The first-order valence-corrected chi connectivity index (χ1v) is 12.6. The highest BCUT2D eigenvalue weighted by Gasteiger charge is 2.17. The quantitative estimate of drug-likeness (QED) is 0.422. The lowest BCUT2D eigenvalue weighted by Gasteiger charge is -2.13. The number of nitrogens with zero attached hydrogens (tertiary/aromatic N) is 3. The zero-order valence-corrected chi connectivity index (χ0v) is 20.3. The van der Waals surface area contributed by atoms with Gasteiger partial charge in [0.25, 0.3) is 5.56 Å². The Balaban J connectivity index is 1.44. The first kappa shape index (κ1) is 23.7. The molecule has 0 atom stereocenters. The number of nitrogens with one attached hydrogen (secondary N) is 1. The van der Waals surface area contributed by atoms with E-state index in [0.717, 1.165) is 16.8 Å². The van der Waals surface area contributed by atoms with Gasteiger partial charge in [0.15, 0.2) is 0 Å². The molecule has 0 aliphatic heterocycles. The van der Waals surface area contributed by atoms with E-state index in [4.69, 9.17) is 0 Å². The standard InChI is InChI=1S/C26H28N4O3S/c1-19-4-6-22(7-5-19)17-29-18-27-16-24(29)10-12-28-34(32,33)25-9-8-23(15-21(25)3)30-13-11-20(2)14-26(30)31/h4-9,11,13-16,18,28H,10,12,17H2,1-3H3. The van der Waals surface area contributed by atoms with Gasteiger partial charge in [-0.3, -0.25) is 9.36 Å². The molecule has 0 aliphatic rings. The minimum atomic E-state index is -3.70. The Hall–Kier alpha value is -3.49. The number of hydrogen-bond donors (Lipinski definition) is 1. The minimum absolute atomic E-state index is 0.157. The number of pyridine rings is 1. The molecule has 4 rings (SSSR count). The van der Waals surface area contributed by atoms with Crippen LogP contribution in [-0.2, 0) is 23.0 Å². The molecule has 0 fully saturated rings. The Morgan fingerprint density at radius 3 is 2.41 bits per heavy atom. The summed E-state index contributed by atoms with van der Waals surface area (Å²) in [6.07, 6.45) is 5.74. The molecule has 4 aromatic rings. The molecule has 8 heteroatoms. The maximum absolute atomic E-state index is 12.9. The van der Waals surface area contributed by atoms with Crippen LogP contribution in [0.4, 0.5) is 0 Å². The van der Waals surface area contributed by atoms with Crippen LogP contribution >= 0.6 is 0 Å². The molecule has 2 aromatic heterocycles. The Kier molecular flexibility index (Phi) is 6.81. The average molecular weight is 477 g/mol. The van der Waals surface area contributed by atoms with Crippen molar-refractivity contribution in [2.24, 2.45) is 0 Å². The van der Waals surface area contributed by atoms with Gasteiger partial charge in [-0.15, -0.1) is 0 Å². The van der Waals surface area contributed by atoms with Crippen LogP contribution < -0.4 is 10.3 Å². The number of aromatic nitrogens is 3. The normalized spacial score (nSPS) is 11.6. The maximum atomic E-state index is 12.9. The molecular weight excluding hydrogens is 448 g/mol. The second kappa shape index (κ2) is 9.79. The van der Waals surface area contributed by atoms with E-state index in [1.54, 1.807) is 49.9 Å². The SMILES string of the molecule is Cc1ccc(Cn2cncc2CCNS(=O)(=O)c2ccc(-n3ccc(C)cc3=O)cc2C)cc1. The van der Waals surface area contributed by atoms with Crippen molar-refractivity contribution >= 4 is 10.0 Å². The molecule has 0 saturated heterocycles. The zero-order valence-electron chi connectivity index (χ0n) is 19.5. The fraction of sp³-hybridized carbons (Fsp3) is 0.231. The molecule has 0 amide bonds. The van der Waals surface area contributed by atoms with Gasteiger partial charge in [-0.25, -0.2) is 18.1 Å². The molecule has 1 N–H and O–H groups in total. The summed E-state index contributed by atoms with van der Waals surface area (Å²) < 4.78 is 32.1. The van der Waals surface area contributed by atoms with Crippen molar-refractivity contribution in [3.63, 3.8) is 0 Å². The second-order valence-corrected chi connectivity index (χ2v) is 10.2. The van der Waals surface area contributed by atoms with E-state index in [0.29, 0.717) is 24.2 Å². The van der Waals surface area contributed by atoms with E-state index in [2.05, 4.69) is 40.9 Å². The fourth-order valence-corrected chi connectivity index (χ4v) is 5.11. The van der Waals surface area contributed by atoms with Crippen LogP contribution in [0.5, 0.6) is 0 Å². The Morgan fingerprint density at radius 1 is 0.941 bits per heavy atom. The van der Waals surface area contributed by atoms with E-state index >= 15 is 0 Å². The lowest BCUT2D eigenvalue weighted by molar-refractivity contribution is 0.579. The summed E-state index contributed by atoms with van der Waals surface area (Å²) >= 11 is 0. The molecule has 7 nitrogen and oxygen atoms in total. The summed E-state index contributed by atoms with van der Waals surface area (Å²) in [4.78, 5) is 16.7. The highest BCUT2D eigenvalue weighted by Crippen LogP contribution is 2.19. The summed E-state index contributed by atoms with van der Waals surface area (Å²) in [5, 5.41) is 0. The van der Waals surface area contributed by atoms with Crippen molar-refractivity contribution in [2.45, 2.75) is 38.6 Å². The number of aryl methyl sites for hydroxylation is 3. The summed E-state index contributed by atoms with van der Waals surface area (Å²) in [6.45, 7) is 6.57. The van der Waals surface area contributed by atoms with Gasteiger partial charge in [-0.2, -0.15) is 0 Å². The summed E-state index contributed by atoms with van der Waals surface area (Å²) in [5.41, 5.74) is 5.24. The zero-order chi connectivity index (χ0) is 24.3. The molecule has 0 aliphatic carbocycles. The first-order valence-electron chi connectivity index (χ1n) is 11.1. The van der Waals surface area contributed by atoms with Crippen molar-refractivity contribution < 1.29 is 8.42 Å². The van der Waals surface area contributed by atoms with Crippen molar-refractivity contribution in [3.8, 4) is 5.69 Å². The fourth-order valence-electron chi connectivity index (χ4n) is 3.86. The summed E-state index contributed by atoms with van der Waals surface area (Å²) in [6, 6.07) is 16.6. The van der Waals surface area contributed by atoms with Crippen molar-refractivity contribution in [2.75, 3.05) is 6.54 Å². The molecule has 0 saturated carbocycles. The molecule has 34 heavy (non-hydrogen) atoms. The predicted molar refractivity (Wildman–Crippen MR) is 133 cm³/mol. The Morgan fingerprint density at radius 2 is 1.71 bits per heavy atom. The van der Waals surface area contributed by atoms with Gasteiger partial charge < -0.3 is 4.57 Å². The van der Waals surface area contributed by atoms with Crippen molar-refractivity contribution in [3.05, 3.63) is 112 Å². The summed E-state index contributed by atoms with van der Waals surface area (Å²) in [7, 11) is -3.70. The van der Waals surface area contributed by atoms with E-state index in [1.807, 2.05) is 17.6 Å². The number of rotatable bonds is 8. The third-order valence-corrected chi connectivity index (χ3v) is 7.37. The third-order valence-electron chi connectivity index (χ3n) is 5.75. The van der Waals surface area contributed by atoms with Gasteiger partial charge in [0, 0.05) is 49.4 Å². The number of sulfonamides is 1. The molecular formula is C26H28N4O3S. The van der Waals surface area contributed by atoms with E-state index in [1.165, 1.54) is 10.1 Å². The van der Waals surface area contributed by atoms with Crippen LogP contribution in [0.15, 0.2) is 83.0 Å². The first-order chi connectivity index (χ1) is 16.2. The van der Waals surface area contributed by atoms with Gasteiger partial charge >= 0.3 is 0 Å². The minimum Gasteiger partial charge on any atom is -0.330 e. The van der Waals surface area contributed by atoms with E-state index in [-0.39, 0.29) is 17.0 Å². The number of hydrogen-bond acceptors (Lipinski definition) is 4. The molecule has 0 unspecified atom stereocenters. The third kappa shape index (κ3) is 5.35. The molecule has 2 aromatic carbocycles. The Labute approximate surface area is 199 Å². The predicted octanol–water partition coefficient (Wildman–Crippen LogP) is 3.53. The van der Waals surface area contributed by atoms with E-state index in [9.17, 15) is 13.2 Å². The van der Waals surface area contributed by atoms with Crippen molar-refractivity contribution in [1.29, 1.82) is 0 Å². The summed E-state index contributed by atoms with van der Waals surface area (Å²) in [5.74, 6) is 0. The molecule has 2 heterocycles. The Bertz CT molecular complexity index is 1470. The molecule has 0 spiro atoms. The van der Waals surface area contributed by atoms with Crippen LogP contribution in [0.1, 0.15) is 27.9 Å². The average Bonchev–Trinajstić information content (AvgIpc) is 3.22. The molecule has 176 valence electrons. The molecule has 0 bridgehead atoms. The lowest BCUT2D eigenvalue weighted by Crippen LogP contribution is -2.27. The smallest absolute Gasteiger partial charge is 0.255 e. The lowest BCUT2D eigenvalue weighted by atomic mass is 10.1. The number of benzene rings is 2. The van der Waals surface area contributed by atoms with Crippen LogP contribution in [-0.4, -0.2) is 29.1 Å². The van der Waals surface area contributed by atoms with Crippen molar-refractivity contribution in [1.82, 2.24) is 18.8 Å². The van der Waals surface area contributed by atoms with Gasteiger partial charge in [-0.05, 0) is 61.7 Å². The van der Waals surface area contributed by atoms with E-state index < -0.39 is 10.0 Å². The van der Waals surface area contributed by atoms with Gasteiger partial charge in [0.1, 0.15) is 0 Å². The van der Waals surface area contributed by atoms with Gasteiger partial charge in [0.05, 0.1) is 11.2 Å². The second-order valence-electron chi connectivity index (χ2n) is 8.51. The largest absolute Gasteiger partial charge is 0.330 e. The van der Waals surface area contributed by atoms with Gasteiger partial charge in [-0.1, -0.05) is 29.8 Å². The highest BCUT2D eigenvalue weighted by molar-refractivity contribution is 7.89. The number of imidazole rings is 1. The molecule has 0 radical (unpaired) electrons. The topological polar surface area (TPSA) is 86.0 Å². The maximum Gasteiger partial charge on any atom is 0.255 e. The van der Waals surface area contributed by atoms with Crippen LogP contribution in [0, 0.1) is 20.8 Å². The highest BCUT2D eigenvalue weighted by atomic mass is 32.2. The monoisotopic (exact) mass is 476 g/mol. The van der Waals surface area contributed by atoms with Crippen LogP contribution in [0.2, 0.25) is 0 Å². The van der Waals surface area contributed by atoms with Gasteiger partial charge in [0.2, 0.25) is 10.0 Å².